The van der Waals surface area contributed by atoms with Crippen molar-refractivity contribution in [1.29, 1.82) is 0 Å². The van der Waals surface area contributed by atoms with Gasteiger partial charge in [-0.15, -0.1) is 0 Å². The van der Waals surface area contributed by atoms with E-state index < -0.39 is 81.7 Å². The second kappa shape index (κ2) is 20.1. The zero-order chi connectivity index (χ0) is 48.2. The number of methoxy groups -OCH3 is 1. The first-order valence-electron chi connectivity index (χ1n) is 18.1. The molecule has 0 unspecified atom stereocenters. The Kier molecular flexibility index (Phi) is 15.7. The molecule has 1 N–H and O–H groups in total. The van der Waals surface area contributed by atoms with E-state index in [0.29, 0.717) is 27.6 Å². The van der Waals surface area contributed by atoms with Crippen molar-refractivity contribution in [2.45, 2.75) is 36.0 Å². The minimum Gasteiger partial charge on any atom is -0.363 e. The van der Waals surface area contributed by atoms with Crippen LogP contribution < -0.4 is 9.03 Å². The molecule has 0 radical (unpaired) electrons. The largest absolute Gasteiger partial charge is 0.417 e. The number of aromatic nitrogens is 2. The fraction of sp³-hybridized carbons (Fsp3) is 0.143. The van der Waals surface area contributed by atoms with Gasteiger partial charge in [0, 0.05) is 30.6 Å². The van der Waals surface area contributed by atoms with E-state index in [1.54, 1.807) is 38.1 Å². The highest BCUT2D eigenvalue weighted by molar-refractivity contribution is 7.93. The second-order valence-corrected chi connectivity index (χ2v) is 18.7. The average molecular weight is 1020 g/mol. The van der Waals surface area contributed by atoms with Crippen LogP contribution in [0.25, 0.3) is 0 Å². The number of halogens is 10. The lowest BCUT2D eigenvalue weighted by Gasteiger charge is -2.26. The third-order valence-corrected chi connectivity index (χ3v) is 13.3. The Balaban J connectivity index is 0.000000245. The van der Waals surface area contributed by atoms with Crippen molar-refractivity contribution in [2.75, 3.05) is 22.9 Å². The molecule has 0 aliphatic rings. The van der Waals surface area contributed by atoms with Gasteiger partial charge in [-0.25, -0.2) is 21.1 Å². The number of nitrogens with zero attached hydrogens (tertiary/aromatic N) is 3. The molecule has 11 nitrogen and oxygen atoms in total. The maximum atomic E-state index is 13.5. The van der Waals surface area contributed by atoms with Gasteiger partial charge in [-0.1, -0.05) is 70.7 Å². The van der Waals surface area contributed by atoms with E-state index in [-0.39, 0.29) is 43.9 Å². The molecule has 0 spiro atoms. The number of carbonyl (C=O) groups is 2. The standard InChI is InChI=1S/C22H17Cl2F3N2O4S.C20H13Cl2F3N2O3S/c1-13-9-19(20(28-11-13)21(30)15-5-3-4-6-17(15)23)29(12-33-2)34(31,32)14-7-8-18(24)16(10-14)22(25,26)27;1-11-8-17(18(26-10-11)19(28)13-4-2-3-5-15(13)21)27-31(29,30)12-6-7-16(22)14(9-12)20(23,24)25/h3-11H,12H2,1-2H3;2-10,27H,1H3. The summed E-state index contributed by atoms with van der Waals surface area (Å²) in [6.07, 6.45) is -7.02. The van der Waals surface area contributed by atoms with Crippen LogP contribution in [0.15, 0.2) is 119 Å². The highest BCUT2D eigenvalue weighted by Crippen LogP contribution is 2.39. The Hall–Kier alpha value is -5.28. The maximum Gasteiger partial charge on any atom is 0.417 e. The molecule has 2 aromatic heterocycles. The number of aryl methyl sites for hydroxylation is 2. The molecule has 0 aliphatic carbocycles. The summed E-state index contributed by atoms with van der Waals surface area (Å²) >= 11 is 23.4. The Morgan fingerprint density at radius 2 is 1.08 bits per heavy atom. The summed E-state index contributed by atoms with van der Waals surface area (Å²) < 4.78 is 140. The summed E-state index contributed by atoms with van der Waals surface area (Å²) in [5, 5.41) is -1.04. The third-order valence-electron chi connectivity index (χ3n) is 8.84. The Bertz CT molecular complexity index is 3030. The minimum absolute atomic E-state index is 0.0717. The zero-order valence-corrected chi connectivity index (χ0v) is 38.1. The van der Waals surface area contributed by atoms with Gasteiger partial charge in [0.15, 0.2) is 0 Å². The van der Waals surface area contributed by atoms with Crippen molar-refractivity contribution in [1.82, 2.24) is 9.97 Å². The van der Waals surface area contributed by atoms with Crippen LogP contribution in [0.2, 0.25) is 20.1 Å². The first kappa shape index (κ1) is 50.7. The molecule has 0 fully saturated rings. The molecule has 0 aliphatic heterocycles. The van der Waals surface area contributed by atoms with E-state index in [2.05, 4.69) is 14.7 Å². The Morgan fingerprint density at radius 3 is 1.57 bits per heavy atom. The first-order chi connectivity index (χ1) is 30.3. The van der Waals surface area contributed by atoms with Crippen molar-refractivity contribution in [2.24, 2.45) is 0 Å². The van der Waals surface area contributed by atoms with Gasteiger partial charge in [0.25, 0.3) is 20.0 Å². The summed E-state index contributed by atoms with van der Waals surface area (Å²) in [5.74, 6) is -1.33. The number of nitrogens with one attached hydrogen (secondary N) is 1. The summed E-state index contributed by atoms with van der Waals surface area (Å²) in [6.45, 7) is 2.61. The van der Waals surface area contributed by atoms with Gasteiger partial charge in [-0.05, 0) is 97.8 Å². The quantitative estimate of drug-likeness (QED) is 0.0717. The summed E-state index contributed by atoms with van der Waals surface area (Å²) in [5.41, 5.74) is -2.36. The topological polar surface area (TPSA) is 153 Å². The van der Waals surface area contributed by atoms with E-state index in [1.807, 2.05) is 0 Å². The lowest BCUT2D eigenvalue weighted by atomic mass is 10.1. The molecular formula is C42H30Cl4F6N4O7S2. The molecule has 342 valence electrons. The van der Waals surface area contributed by atoms with Crippen LogP contribution in [0.4, 0.5) is 37.7 Å². The Labute approximate surface area is 388 Å². The molecule has 0 saturated heterocycles. The second-order valence-electron chi connectivity index (χ2n) is 13.6. The SMILES string of the molecule is COCN(c1cc(C)cnc1C(=O)c1ccccc1Cl)S(=O)(=O)c1ccc(Cl)c(C(F)(F)F)c1.Cc1cnc(C(=O)c2ccccc2Cl)c(NS(=O)(=O)c2ccc(Cl)c(C(F)(F)F)c2)c1. The van der Waals surface area contributed by atoms with Crippen LogP contribution in [0.3, 0.4) is 0 Å². The minimum atomic E-state index is -4.88. The lowest BCUT2D eigenvalue weighted by molar-refractivity contribution is -0.138. The van der Waals surface area contributed by atoms with Crippen molar-refractivity contribution in [3.63, 3.8) is 0 Å². The van der Waals surface area contributed by atoms with Crippen LogP contribution >= 0.6 is 46.4 Å². The fourth-order valence-electron chi connectivity index (χ4n) is 5.78. The summed E-state index contributed by atoms with van der Waals surface area (Å²) in [7, 11) is -7.97. The molecule has 0 bridgehead atoms. The molecule has 6 rings (SSSR count). The van der Waals surface area contributed by atoms with E-state index >= 15 is 0 Å². The van der Waals surface area contributed by atoms with E-state index in [1.165, 1.54) is 55.9 Å². The predicted molar refractivity (Wildman–Crippen MR) is 233 cm³/mol. The molecule has 65 heavy (non-hydrogen) atoms. The molecule has 0 atom stereocenters. The molecule has 2 heterocycles. The average Bonchev–Trinajstić information content (AvgIpc) is 3.22. The van der Waals surface area contributed by atoms with Gasteiger partial charge in [0.1, 0.15) is 18.1 Å². The number of alkyl halides is 6. The summed E-state index contributed by atoms with van der Waals surface area (Å²) in [4.78, 5) is 32.9. The number of hydrogen-bond donors (Lipinski definition) is 1. The third kappa shape index (κ3) is 11.8. The molecule has 0 amide bonds. The van der Waals surface area contributed by atoms with Crippen molar-refractivity contribution >= 4 is 89.4 Å². The van der Waals surface area contributed by atoms with E-state index in [0.717, 1.165) is 24.3 Å². The molecule has 6 aromatic rings. The van der Waals surface area contributed by atoms with Gasteiger partial charge in [0.2, 0.25) is 11.6 Å². The monoisotopic (exact) mass is 1020 g/mol. The number of pyridine rings is 2. The van der Waals surface area contributed by atoms with E-state index in [4.69, 9.17) is 51.1 Å². The van der Waals surface area contributed by atoms with Gasteiger partial charge in [-0.2, -0.15) is 26.3 Å². The molecular weight excluding hydrogens is 992 g/mol. The van der Waals surface area contributed by atoms with Gasteiger partial charge in [0.05, 0.1) is 52.4 Å². The number of benzene rings is 4. The van der Waals surface area contributed by atoms with Crippen LogP contribution in [0.1, 0.15) is 54.4 Å². The van der Waals surface area contributed by atoms with Crippen LogP contribution in [-0.2, 0) is 37.1 Å². The van der Waals surface area contributed by atoms with Crippen LogP contribution in [0.5, 0.6) is 0 Å². The highest BCUT2D eigenvalue weighted by Gasteiger charge is 2.37. The first-order valence-corrected chi connectivity index (χ1v) is 22.5. The van der Waals surface area contributed by atoms with Gasteiger partial charge in [-0.3, -0.25) is 24.3 Å². The lowest BCUT2D eigenvalue weighted by Crippen LogP contribution is -2.34. The number of sulfonamides is 2. The van der Waals surface area contributed by atoms with Crippen molar-refractivity contribution < 1.29 is 57.5 Å². The zero-order valence-electron chi connectivity index (χ0n) is 33.4. The Morgan fingerprint density at radius 1 is 0.631 bits per heavy atom. The van der Waals surface area contributed by atoms with Gasteiger partial charge < -0.3 is 4.74 Å². The predicted octanol–water partition coefficient (Wildman–Crippen LogP) is 11.5. The number of anilines is 2. The molecule has 0 saturated carbocycles. The van der Waals surface area contributed by atoms with Gasteiger partial charge >= 0.3 is 12.4 Å². The smallest absolute Gasteiger partial charge is 0.363 e. The number of ketones is 2. The fourth-order valence-corrected chi connectivity index (χ4v) is 9.16. The number of hydrogen-bond acceptors (Lipinski definition) is 9. The molecule has 4 aromatic carbocycles. The highest BCUT2D eigenvalue weighted by atomic mass is 35.5. The normalized spacial score (nSPS) is 12.0. The van der Waals surface area contributed by atoms with E-state index in [9.17, 15) is 52.8 Å². The number of ether oxygens (including phenoxy) is 1. The van der Waals surface area contributed by atoms with Crippen LogP contribution in [0, 0.1) is 13.8 Å². The van der Waals surface area contributed by atoms with Crippen LogP contribution in [-0.4, -0.2) is 52.2 Å². The molecule has 23 heteroatoms. The number of carbonyl (C=O) groups excluding carboxylic acids is 2. The van der Waals surface area contributed by atoms with Crippen molar-refractivity contribution in [3.8, 4) is 0 Å². The summed E-state index contributed by atoms with van der Waals surface area (Å²) in [6, 6.07) is 19.3. The van der Waals surface area contributed by atoms with Crippen molar-refractivity contribution in [3.05, 3.63) is 174 Å². The number of rotatable bonds is 12. The maximum absolute atomic E-state index is 13.5.